The number of benzene rings is 2. The van der Waals surface area contributed by atoms with Crippen LogP contribution in [-0.2, 0) is 0 Å². The molecule has 1 heterocycles. The number of rotatable bonds is 1. The summed E-state index contributed by atoms with van der Waals surface area (Å²) in [6, 6.07) is 7.45. The van der Waals surface area contributed by atoms with Crippen LogP contribution in [0.2, 0.25) is 5.15 Å². The molecule has 0 bridgehead atoms. The van der Waals surface area contributed by atoms with Crippen molar-refractivity contribution < 1.29 is 8.78 Å². The predicted molar refractivity (Wildman–Crippen MR) is 82.3 cm³/mol. The van der Waals surface area contributed by atoms with Crippen LogP contribution in [0.15, 0.2) is 34.8 Å². The summed E-state index contributed by atoms with van der Waals surface area (Å²) >= 11 is 9.21. The van der Waals surface area contributed by atoms with Gasteiger partial charge in [-0.2, -0.15) is 0 Å². The van der Waals surface area contributed by atoms with E-state index in [1.54, 1.807) is 19.1 Å². The molecule has 0 fully saturated rings. The third-order valence-electron chi connectivity index (χ3n) is 3.12. The molecule has 0 amide bonds. The number of aromatic nitrogens is 2. The van der Waals surface area contributed by atoms with E-state index in [1.165, 1.54) is 18.2 Å². The van der Waals surface area contributed by atoms with Gasteiger partial charge in [0.25, 0.3) is 0 Å². The van der Waals surface area contributed by atoms with E-state index in [9.17, 15) is 8.78 Å². The van der Waals surface area contributed by atoms with Gasteiger partial charge in [0.2, 0.25) is 0 Å². The van der Waals surface area contributed by atoms with E-state index in [1.807, 2.05) is 0 Å². The predicted octanol–water partition coefficient (Wildman–Crippen LogP) is 5.30. The second kappa shape index (κ2) is 5.31. The molecule has 0 N–H and O–H groups in total. The minimum Gasteiger partial charge on any atom is -0.228 e. The molecule has 3 rings (SSSR count). The molecule has 0 atom stereocenters. The van der Waals surface area contributed by atoms with Crippen molar-refractivity contribution in [1.82, 2.24) is 9.97 Å². The van der Waals surface area contributed by atoms with E-state index >= 15 is 0 Å². The van der Waals surface area contributed by atoms with Gasteiger partial charge < -0.3 is 0 Å². The molecular formula is C15H8BrClF2N2. The highest BCUT2D eigenvalue weighted by atomic mass is 79.9. The smallest absolute Gasteiger partial charge is 0.161 e. The second-order valence-electron chi connectivity index (χ2n) is 4.59. The molecule has 0 aliphatic rings. The van der Waals surface area contributed by atoms with Crippen molar-refractivity contribution in [2.75, 3.05) is 0 Å². The fourth-order valence-corrected chi connectivity index (χ4v) is 2.52. The Morgan fingerprint density at radius 1 is 1.05 bits per heavy atom. The molecule has 2 aromatic carbocycles. The molecule has 0 saturated heterocycles. The van der Waals surface area contributed by atoms with Gasteiger partial charge in [0.05, 0.1) is 9.99 Å². The zero-order valence-corrected chi connectivity index (χ0v) is 13.1. The molecule has 2 nitrogen and oxygen atoms in total. The summed E-state index contributed by atoms with van der Waals surface area (Å²) < 4.78 is 27.5. The zero-order chi connectivity index (χ0) is 15.1. The van der Waals surface area contributed by atoms with Gasteiger partial charge in [0, 0.05) is 17.0 Å². The maximum absolute atomic E-state index is 13.6. The number of hydrogen-bond acceptors (Lipinski definition) is 2. The molecule has 1 aromatic heterocycles. The molecule has 106 valence electrons. The summed E-state index contributed by atoms with van der Waals surface area (Å²) in [7, 11) is 0. The number of halogens is 4. The number of fused-ring (bicyclic) bond motifs is 1. The van der Waals surface area contributed by atoms with Gasteiger partial charge in [-0.25, -0.2) is 18.7 Å². The van der Waals surface area contributed by atoms with Crippen molar-refractivity contribution in [3.8, 4) is 11.4 Å². The first-order valence-electron chi connectivity index (χ1n) is 6.04. The average molecular weight is 370 g/mol. The Labute approximate surface area is 132 Å². The molecule has 0 spiro atoms. The molecule has 0 aliphatic carbocycles. The van der Waals surface area contributed by atoms with Crippen LogP contribution in [0.5, 0.6) is 0 Å². The van der Waals surface area contributed by atoms with E-state index in [2.05, 4.69) is 25.9 Å². The highest BCUT2D eigenvalue weighted by molar-refractivity contribution is 9.10. The summed E-state index contributed by atoms with van der Waals surface area (Å²) in [5.41, 5.74) is 1.39. The van der Waals surface area contributed by atoms with Crippen LogP contribution in [-0.4, -0.2) is 9.97 Å². The van der Waals surface area contributed by atoms with Crippen molar-refractivity contribution in [2.45, 2.75) is 6.92 Å². The Kier molecular flexibility index (Phi) is 3.63. The largest absolute Gasteiger partial charge is 0.228 e. The van der Waals surface area contributed by atoms with Crippen LogP contribution >= 0.6 is 27.5 Å². The standard InChI is InChI=1S/C15H8BrClF2N2/c1-7-2-3-8(4-11(7)18)15-20-13-6-12(19)10(16)5-9(13)14(17)21-15/h2-6H,1H3. The van der Waals surface area contributed by atoms with Gasteiger partial charge in [0.1, 0.15) is 16.8 Å². The van der Waals surface area contributed by atoms with Crippen LogP contribution in [0.4, 0.5) is 8.78 Å². The van der Waals surface area contributed by atoms with Gasteiger partial charge in [0.15, 0.2) is 5.82 Å². The summed E-state index contributed by atoms with van der Waals surface area (Å²) in [6.07, 6.45) is 0. The van der Waals surface area contributed by atoms with Gasteiger partial charge in [-0.05, 0) is 40.5 Å². The number of aryl methyl sites for hydroxylation is 1. The summed E-state index contributed by atoms with van der Waals surface area (Å²) in [4.78, 5) is 8.41. The van der Waals surface area contributed by atoms with Gasteiger partial charge in [-0.1, -0.05) is 23.7 Å². The van der Waals surface area contributed by atoms with Crippen molar-refractivity contribution in [3.63, 3.8) is 0 Å². The van der Waals surface area contributed by atoms with Gasteiger partial charge in [-0.3, -0.25) is 0 Å². The molecule has 21 heavy (non-hydrogen) atoms. The first-order chi connectivity index (χ1) is 9.95. The van der Waals surface area contributed by atoms with E-state index in [0.717, 1.165) is 0 Å². The number of hydrogen-bond donors (Lipinski definition) is 0. The van der Waals surface area contributed by atoms with E-state index in [0.29, 0.717) is 22.0 Å². The van der Waals surface area contributed by atoms with Crippen LogP contribution in [0, 0.1) is 18.6 Å². The topological polar surface area (TPSA) is 25.8 Å². The highest BCUT2D eigenvalue weighted by Crippen LogP contribution is 2.29. The van der Waals surface area contributed by atoms with Crippen LogP contribution in [0.3, 0.4) is 0 Å². The first kappa shape index (κ1) is 14.4. The van der Waals surface area contributed by atoms with Crippen LogP contribution in [0.25, 0.3) is 22.3 Å². The van der Waals surface area contributed by atoms with E-state index in [-0.39, 0.29) is 21.3 Å². The third-order valence-corrected chi connectivity index (χ3v) is 4.02. The third kappa shape index (κ3) is 2.63. The lowest BCUT2D eigenvalue weighted by atomic mass is 10.1. The maximum Gasteiger partial charge on any atom is 0.161 e. The fourth-order valence-electron chi connectivity index (χ4n) is 1.95. The Hall–Kier alpha value is -1.59. The van der Waals surface area contributed by atoms with Gasteiger partial charge in [-0.15, -0.1) is 0 Å². The van der Waals surface area contributed by atoms with Crippen molar-refractivity contribution >= 4 is 38.4 Å². The number of nitrogens with zero attached hydrogens (tertiary/aromatic N) is 2. The van der Waals surface area contributed by atoms with E-state index < -0.39 is 5.82 Å². The molecule has 6 heteroatoms. The minimum atomic E-state index is -0.446. The molecular weight excluding hydrogens is 362 g/mol. The SMILES string of the molecule is Cc1ccc(-c2nc(Cl)c3cc(Br)c(F)cc3n2)cc1F. The van der Waals surface area contributed by atoms with Crippen LogP contribution in [0.1, 0.15) is 5.56 Å². The second-order valence-corrected chi connectivity index (χ2v) is 5.80. The quantitative estimate of drug-likeness (QED) is 0.544. The maximum atomic E-state index is 13.6. The lowest BCUT2D eigenvalue weighted by Gasteiger charge is -2.06. The molecule has 3 aromatic rings. The fraction of sp³-hybridized carbons (Fsp3) is 0.0667. The van der Waals surface area contributed by atoms with Crippen LogP contribution < -0.4 is 0 Å². The normalized spacial score (nSPS) is 11.1. The van der Waals surface area contributed by atoms with Crippen molar-refractivity contribution in [3.05, 3.63) is 57.2 Å². The zero-order valence-electron chi connectivity index (χ0n) is 10.8. The molecule has 0 aliphatic heterocycles. The van der Waals surface area contributed by atoms with Gasteiger partial charge >= 0.3 is 0 Å². The highest BCUT2D eigenvalue weighted by Gasteiger charge is 2.12. The Morgan fingerprint density at radius 3 is 2.52 bits per heavy atom. The lowest BCUT2D eigenvalue weighted by Crippen LogP contribution is -1.94. The molecule has 0 saturated carbocycles. The minimum absolute atomic E-state index is 0.191. The molecule has 0 radical (unpaired) electrons. The first-order valence-corrected chi connectivity index (χ1v) is 7.21. The average Bonchev–Trinajstić information content (AvgIpc) is 2.44. The summed E-state index contributed by atoms with van der Waals surface area (Å²) in [5.74, 6) is -0.541. The summed E-state index contributed by atoms with van der Waals surface area (Å²) in [6.45, 7) is 1.67. The lowest BCUT2D eigenvalue weighted by molar-refractivity contribution is 0.618. The van der Waals surface area contributed by atoms with Crippen molar-refractivity contribution in [1.29, 1.82) is 0 Å². The van der Waals surface area contributed by atoms with E-state index in [4.69, 9.17) is 11.6 Å². The Bertz CT molecular complexity index is 868. The van der Waals surface area contributed by atoms with Crippen molar-refractivity contribution in [2.24, 2.45) is 0 Å². The monoisotopic (exact) mass is 368 g/mol. The molecule has 0 unspecified atom stereocenters. The Balaban J connectivity index is 2.24. The Morgan fingerprint density at radius 2 is 1.81 bits per heavy atom. The summed E-state index contributed by atoms with van der Waals surface area (Å²) in [5, 5.41) is 0.720.